The molecular formula is C48H110I2N4O10P4W2. The van der Waals surface area contributed by atoms with Gasteiger partial charge in [-0.1, -0.05) is 303 Å². The van der Waals surface area contributed by atoms with Gasteiger partial charge in [-0.05, 0) is 8.86 Å². The van der Waals surface area contributed by atoms with Gasteiger partial charge in [0.25, 0.3) is 0 Å². The summed E-state index contributed by atoms with van der Waals surface area (Å²) in [6.45, 7) is 24.1. The summed E-state index contributed by atoms with van der Waals surface area (Å²) >= 11 is 4.58. The van der Waals surface area contributed by atoms with E-state index in [1.54, 1.807) is 0 Å². The van der Waals surface area contributed by atoms with Crippen molar-refractivity contribution in [2.24, 2.45) is 0 Å². The molecule has 428 valence electrons. The molecule has 4 unspecified atom stereocenters. The molecule has 0 saturated carbocycles. The molecule has 4 rings (SSSR count). The largest absolute Gasteiger partial charge is 0.400 e. The summed E-state index contributed by atoms with van der Waals surface area (Å²) in [5, 5.41) is 49.2. The van der Waals surface area contributed by atoms with Crippen molar-refractivity contribution in [2.45, 2.75) is 98.9 Å². The summed E-state index contributed by atoms with van der Waals surface area (Å²) < 4.78 is 2.44. The van der Waals surface area contributed by atoms with Crippen LogP contribution in [0, 0.1) is 40.5 Å². The van der Waals surface area contributed by atoms with E-state index in [1.165, 1.54) is 8.86 Å². The Kier molecular flexibility index (Phi) is 460. The van der Waals surface area contributed by atoms with E-state index in [9.17, 15) is 0 Å². The van der Waals surface area contributed by atoms with Gasteiger partial charge in [-0.15, -0.1) is 18.5 Å². The van der Waals surface area contributed by atoms with E-state index in [-0.39, 0.29) is 91.6 Å². The molecule has 0 radical (unpaired) electrons. The minimum Gasteiger partial charge on any atom is -0.400 e. The molecule has 70 heavy (non-hydrogen) atoms. The number of hydrogen-bond acceptors (Lipinski definition) is 10. The Labute approximate surface area is 500 Å². The first kappa shape index (κ1) is 144. The van der Waals surface area contributed by atoms with Crippen molar-refractivity contribution in [1.29, 1.82) is 0 Å². The van der Waals surface area contributed by atoms with Crippen molar-refractivity contribution in [2.75, 3.05) is 64.6 Å². The Bertz CT molecular complexity index is 839. The minimum atomic E-state index is -0.500. The molecule has 0 aromatic heterocycles. The monoisotopic (exact) mass is 1650 g/mol. The summed E-state index contributed by atoms with van der Waals surface area (Å²) in [4.78, 5) is 33.2. The van der Waals surface area contributed by atoms with Gasteiger partial charge in [0.05, 0.1) is 0 Å². The molecule has 0 bridgehead atoms. The van der Waals surface area contributed by atoms with Crippen molar-refractivity contribution in [3.63, 3.8) is 0 Å². The van der Waals surface area contributed by atoms with Gasteiger partial charge in [0, 0.05) is 76.0 Å². The molecule has 0 fully saturated rings. The van der Waals surface area contributed by atoms with Crippen molar-refractivity contribution < 1.29 is 72.0 Å². The normalized spacial score (nSPS) is 5.37. The number of rotatable bonds is 0. The molecule has 22 heteroatoms. The Morgan fingerprint density at radius 1 is 0.329 bits per heavy atom. The fraction of sp³-hybridized carbons (Fsp3) is 0.500. The number of aliphatic hydroxyl groups is 2. The Hall–Kier alpha value is -1.04. The zero-order chi connectivity index (χ0) is 52.7. The summed E-state index contributed by atoms with van der Waals surface area (Å²) in [5.41, 5.74) is 0. The molecule has 4 atom stereocenters. The van der Waals surface area contributed by atoms with E-state index >= 15 is 0 Å². The third-order valence-corrected chi connectivity index (χ3v) is 2.67. The van der Waals surface area contributed by atoms with Gasteiger partial charge in [-0.2, -0.15) is 19.8 Å². The van der Waals surface area contributed by atoms with Crippen LogP contribution in [0.5, 0.6) is 0 Å². The zero-order valence-corrected chi connectivity index (χ0v) is 58.7. The molecule has 14 nitrogen and oxygen atoms in total. The summed E-state index contributed by atoms with van der Waals surface area (Å²) in [5.74, 6) is 0. The summed E-state index contributed by atoms with van der Waals surface area (Å²) in [6, 6.07) is 48.0. The van der Waals surface area contributed by atoms with E-state index < -0.39 is 19.7 Å². The molecule has 2 N–H and O–H groups in total. The van der Waals surface area contributed by atoms with Gasteiger partial charge < -0.3 is 10.2 Å². The fourth-order valence-corrected chi connectivity index (χ4v) is 1.54. The second-order valence-electron chi connectivity index (χ2n) is 6.91. The quantitative estimate of drug-likeness (QED) is 0.0559. The molecule has 4 aromatic rings. The van der Waals surface area contributed by atoms with Crippen molar-refractivity contribution >= 4 is 83.5 Å². The standard InChI is InChI=1S/4C6H6.2C2H5I.4C2H6.4CH3NO2.2CH4O.2CH5P.4CH4.2H3P.2W/c4*1-2-4-6-5-3-1;2*1-2-3;4*1-2;4*1-2(3)4;4*1-2;;;;;;;;/h4*1-6H;2*2H2,1H3;4*1-2H3;4*1H3;2*2H,1H3;2*2H2,1H3;4*1H4;2*1H3;;. The molecule has 0 spiro atoms. The first-order chi connectivity index (χ1) is 29.8. The molecule has 0 heterocycles. The number of nitro groups is 4. The first-order valence-electron chi connectivity index (χ1n) is 19.2. The first-order valence-corrected chi connectivity index (χ1v) is 24.6. The molecule has 0 aliphatic heterocycles. The van der Waals surface area contributed by atoms with Crippen molar-refractivity contribution in [3.05, 3.63) is 186 Å². The third-order valence-electron chi connectivity index (χ3n) is 2.67. The van der Waals surface area contributed by atoms with E-state index in [4.69, 9.17) is 50.7 Å². The number of halogens is 2. The maximum atomic E-state index is 8.81. The number of alkyl halides is 2. The SMILES string of the molecule is C.C.C.C.CC.CC.CC.CC.CCI.CCI.CO.CO.CP.CP.C[N+](=O)[O-].C[N+](=O)[O-].C[N+](=O)[O-].C[N+](=O)[O-].P.P.[W].[W].c1ccccc1.c1ccccc1.c1ccccc1.c1ccccc1. The number of nitrogens with zero attached hydrogens (tertiary/aromatic N) is 4. The summed E-state index contributed by atoms with van der Waals surface area (Å²) in [6.07, 6.45) is 0. The van der Waals surface area contributed by atoms with Crippen molar-refractivity contribution in [1.82, 2.24) is 0 Å². The fourth-order valence-electron chi connectivity index (χ4n) is 1.54. The van der Waals surface area contributed by atoms with E-state index in [0.717, 1.165) is 42.4 Å². The average Bonchev–Trinajstić information content (AvgIpc) is 3.32. The number of hydrogen-bond donors (Lipinski definition) is 2. The average molecular weight is 1650 g/mol. The summed E-state index contributed by atoms with van der Waals surface area (Å²) in [7, 11) is 10.4. The predicted molar refractivity (Wildman–Crippen MR) is 349 cm³/mol. The molecular weight excluding hydrogens is 1540 g/mol. The van der Waals surface area contributed by atoms with Crippen LogP contribution in [0.15, 0.2) is 146 Å². The van der Waals surface area contributed by atoms with Crippen LogP contribution in [0.4, 0.5) is 0 Å². The van der Waals surface area contributed by atoms with E-state index in [2.05, 4.69) is 77.5 Å². The van der Waals surface area contributed by atoms with Gasteiger partial charge in [-0.25, -0.2) is 0 Å². The second kappa shape index (κ2) is 223. The maximum absolute atomic E-state index is 8.81. The van der Waals surface area contributed by atoms with Crippen LogP contribution in [-0.2, 0) is 42.1 Å². The number of benzene rings is 4. The van der Waals surface area contributed by atoms with E-state index in [0.29, 0.717) is 0 Å². The van der Waals surface area contributed by atoms with Crippen molar-refractivity contribution in [3.8, 4) is 0 Å². The third kappa shape index (κ3) is 553. The Balaban J connectivity index is -0.0000000176. The van der Waals surface area contributed by atoms with Crippen LogP contribution in [0.25, 0.3) is 0 Å². The van der Waals surface area contributed by atoms with Crippen LogP contribution in [0.2, 0.25) is 0 Å². The van der Waals surface area contributed by atoms with Gasteiger partial charge in [0.2, 0.25) is 0 Å². The smallest absolute Gasteiger partial charge is 0.194 e. The Morgan fingerprint density at radius 3 is 0.357 bits per heavy atom. The van der Waals surface area contributed by atoms with Crippen LogP contribution in [0.1, 0.15) is 98.9 Å². The van der Waals surface area contributed by atoms with E-state index in [1.807, 2.05) is 214 Å². The minimum absolute atomic E-state index is 0. The number of aliphatic hydroxyl groups excluding tert-OH is 2. The second-order valence-corrected chi connectivity index (χ2v) is 9.96. The zero-order valence-electron chi connectivity index (χ0n) is 43.4. The van der Waals surface area contributed by atoms with Crippen LogP contribution >= 0.6 is 83.5 Å². The van der Waals surface area contributed by atoms with Crippen LogP contribution in [-0.4, -0.2) is 94.5 Å². The van der Waals surface area contributed by atoms with Gasteiger partial charge in [0.15, 0.2) is 28.2 Å². The van der Waals surface area contributed by atoms with Crippen LogP contribution in [0.3, 0.4) is 0 Å². The Morgan fingerprint density at radius 2 is 0.343 bits per heavy atom. The van der Waals surface area contributed by atoms with Gasteiger partial charge in [-0.3, -0.25) is 40.5 Å². The maximum Gasteiger partial charge on any atom is 0.194 e. The molecule has 0 aliphatic carbocycles. The molecule has 0 saturated heterocycles. The van der Waals surface area contributed by atoms with Gasteiger partial charge >= 0.3 is 0 Å². The molecule has 4 aromatic carbocycles. The molecule has 0 amide bonds. The topological polar surface area (TPSA) is 213 Å². The molecule has 0 aliphatic rings. The predicted octanol–water partition coefficient (Wildman–Crippen LogP) is 16.2. The van der Waals surface area contributed by atoms with Crippen LogP contribution < -0.4 is 0 Å². The van der Waals surface area contributed by atoms with Gasteiger partial charge in [0.1, 0.15) is 0 Å².